The Morgan fingerprint density at radius 1 is 1.05 bits per heavy atom. The highest BCUT2D eigenvalue weighted by Crippen LogP contribution is 2.39. The van der Waals surface area contributed by atoms with Gasteiger partial charge in [0.15, 0.2) is 0 Å². The minimum absolute atomic E-state index is 0.100. The summed E-state index contributed by atoms with van der Waals surface area (Å²) in [7, 11) is 0. The lowest BCUT2D eigenvalue weighted by Crippen LogP contribution is -2.56. The molecule has 0 radical (unpaired) electrons. The van der Waals surface area contributed by atoms with Gasteiger partial charge in [-0.3, -0.25) is 14.4 Å². The molecule has 2 aliphatic rings. The fourth-order valence-corrected chi connectivity index (χ4v) is 4.88. The predicted molar refractivity (Wildman–Crippen MR) is 145 cm³/mol. The molecule has 1 saturated carbocycles. The number of nitrogens with one attached hydrogen (secondary N) is 1. The van der Waals surface area contributed by atoms with E-state index in [-0.39, 0.29) is 57.1 Å². The van der Waals surface area contributed by atoms with Gasteiger partial charge in [-0.05, 0) is 51.7 Å². The molecule has 3 amide bonds. The summed E-state index contributed by atoms with van der Waals surface area (Å²) < 4.78 is 11.0. The molecule has 1 unspecified atom stereocenters. The number of aliphatic carboxylic acids is 2. The normalized spacial score (nSPS) is 16.8. The molecule has 0 spiro atoms. The van der Waals surface area contributed by atoms with Crippen LogP contribution in [0.4, 0.5) is 4.79 Å². The van der Waals surface area contributed by atoms with Crippen LogP contribution in [0, 0.1) is 6.92 Å². The Kier molecular flexibility index (Phi) is 8.94. The van der Waals surface area contributed by atoms with Gasteiger partial charge in [0.05, 0.1) is 12.1 Å². The van der Waals surface area contributed by atoms with Gasteiger partial charge in [0.1, 0.15) is 17.5 Å². The highest BCUT2D eigenvalue weighted by atomic mass is 16.6. The Morgan fingerprint density at radius 3 is 2.32 bits per heavy atom. The summed E-state index contributed by atoms with van der Waals surface area (Å²) in [4.78, 5) is 69.5. The summed E-state index contributed by atoms with van der Waals surface area (Å²) in [6, 6.07) is 5.48. The molecule has 220 valence electrons. The molecule has 1 atom stereocenters. The maximum absolute atomic E-state index is 13.4. The monoisotopic (exact) mass is 570 g/mol. The highest BCUT2D eigenvalue weighted by molar-refractivity contribution is 5.99. The average Bonchev–Trinajstić information content (AvgIpc) is 2.92. The largest absolute Gasteiger partial charge is 0.481 e. The van der Waals surface area contributed by atoms with Crippen LogP contribution in [-0.2, 0) is 19.1 Å². The van der Waals surface area contributed by atoms with Crippen molar-refractivity contribution in [2.24, 2.45) is 0 Å². The molecule has 1 aliphatic carbocycles. The summed E-state index contributed by atoms with van der Waals surface area (Å²) in [6.07, 6.45) is 0.361. The number of carboxylic acids is 2. The molecule has 0 bridgehead atoms. The number of carbonyl (C=O) groups excluding carboxylic acids is 3. The van der Waals surface area contributed by atoms with E-state index in [9.17, 15) is 34.2 Å². The van der Waals surface area contributed by atoms with Gasteiger partial charge in [0, 0.05) is 44.1 Å². The lowest BCUT2D eigenvalue weighted by molar-refractivity contribution is -0.163. The molecule has 1 saturated heterocycles. The van der Waals surface area contributed by atoms with Crippen LogP contribution in [0.15, 0.2) is 24.3 Å². The predicted octanol–water partition coefficient (Wildman–Crippen LogP) is 2.19. The Balaban J connectivity index is 1.56. The summed E-state index contributed by atoms with van der Waals surface area (Å²) in [5, 5.41) is 22.2. The van der Waals surface area contributed by atoms with Gasteiger partial charge in [-0.25, -0.2) is 14.6 Å². The quantitative estimate of drug-likeness (QED) is 0.384. The Labute approximate surface area is 236 Å². The van der Waals surface area contributed by atoms with E-state index in [0.29, 0.717) is 30.2 Å². The van der Waals surface area contributed by atoms with Gasteiger partial charge in [-0.15, -0.1) is 0 Å². The van der Waals surface area contributed by atoms with Crippen molar-refractivity contribution in [3.05, 3.63) is 35.5 Å². The zero-order chi connectivity index (χ0) is 29.7. The summed E-state index contributed by atoms with van der Waals surface area (Å²) >= 11 is 0. The smallest absolute Gasteiger partial charge is 0.409 e. The van der Waals surface area contributed by atoms with Crippen molar-refractivity contribution in [3.8, 4) is 5.75 Å². The van der Waals surface area contributed by atoms with E-state index in [0.717, 1.165) is 5.56 Å². The number of benzene rings is 1. The number of carboxylic acid groups (broad SMARTS) is 2. The van der Waals surface area contributed by atoms with Crippen LogP contribution >= 0.6 is 0 Å². The number of amides is 3. The number of rotatable bonds is 10. The van der Waals surface area contributed by atoms with E-state index in [1.54, 1.807) is 25.1 Å². The number of nitrogens with zero attached hydrogens (tertiary/aromatic N) is 3. The van der Waals surface area contributed by atoms with Crippen LogP contribution in [-0.4, -0.2) is 99.3 Å². The van der Waals surface area contributed by atoms with Gasteiger partial charge in [-0.1, -0.05) is 11.6 Å². The molecule has 2 heterocycles. The van der Waals surface area contributed by atoms with Crippen LogP contribution in [0.2, 0.25) is 0 Å². The summed E-state index contributed by atoms with van der Waals surface area (Å²) in [5.41, 5.74) is -0.197. The first-order valence-electron chi connectivity index (χ1n) is 13.6. The number of fused-ring (bicyclic) bond motifs is 1. The maximum Gasteiger partial charge on any atom is 0.409 e. The second-order valence-electron chi connectivity index (χ2n) is 10.3. The number of hydrogen-bond acceptors (Lipinski definition) is 8. The van der Waals surface area contributed by atoms with Crippen LogP contribution in [0.25, 0.3) is 10.9 Å². The van der Waals surface area contributed by atoms with Crippen LogP contribution in [0.3, 0.4) is 0 Å². The number of carbonyl (C=O) groups is 5. The first kappa shape index (κ1) is 29.6. The first-order chi connectivity index (χ1) is 19.5. The molecular formula is C28H34N4O9. The number of ether oxygens (including phenoxy) is 2. The molecule has 1 aliphatic heterocycles. The minimum atomic E-state index is -1.39. The second kappa shape index (κ2) is 12.4. The fourth-order valence-electron chi connectivity index (χ4n) is 4.88. The average molecular weight is 571 g/mol. The molecule has 1 aromatic heterocycles. The SMILES string of the molecule is CCOC(=O)N1CCN(C(=O)C(CCC(=O)O)NC(=O)c2cc(OC3(C(=O)O)CCC3)c3cc(C)ccc3n2)CC1. The van der Waals surface area contributed by atoms with Gasteiger partial charge in [0.25, 0.3) is 5.91 Å². The third kappa shape index (κ3) is 6.67. The maximum atomic E-state index is 13.4. The van der Waals surface area contributed by atoms with E-state index in [1.165, 1.54) is 15.9 Å². The molecule has 41 heavy (non-hydrogen) atoms. The van der Waals surface area contributed by atoms with E-state index in [4.69, 9.17) is 9.47 Å². The number of aryl methyl sites for hydroxylation is 1. The van der Waals surface area contributed by atoms with E-state index in [2.05, 4.69) is 10.3 Å². The van der Waals surface area contributed by atoms with Crippen molar-refractivity contribution in [2.45, 2.75) is 57.6 Å². The van der Waals surface area contributed by atoms with Crippen molar-refractivity contribution in [3.63, 3.8) is 0 Å². The summed E-state index contributed by atoms with van der Waals surface area (Å²) in [5.74, 6) is -3.23. The molecule has 2 fully saturated rings. The van der Waals surface area contributed by atoms with Crippen LogP contribution in [0.5, 0.6) is 5.75 Å². The zero-order valence-electron chi connectivity index (χ0n) is 23.1. The van der Waals surface area contributed by atoms with Crippen molar-refractivity contribution < 1.29 is 43.7 Å². The Bertz CT molecular complexity index is 1350. The van der Waals surface area contributed by atoms with E-state index >= 15 is 0 Å². The van der Waals surface area contributed by atoms with Crippen molar-refractivity contribution in [1.29, 1.82) is 0 Å². The van der Waals surface area contributed by atoms with Gasteiger partial charge in [0.2, 0.25) is 11.5 Å². The lowest BCUT2D eigenvalue weighted by Gasteiger charge is -2.38. The van der Waals surface area contributed by atoms with E-state index < -0.39 is 41.5 Å². The van der Waals surface area contributed by atoms with Gasteiger partial charge >= 0.3 is 18.0 Å². The summed E-state index contributed by atoms with van der Waals surface area (Å²) in [6.45, 7) is 4.66. The molecule has 13 nitrogen and oxygen atoms in total. The van der Waals surface area contributed by atoms with Gasteiger partial charge in [-0.2, -0.15) is 0 Å². The first-order valence-corrected chi connectivity index (χ1v) is 13.6. The molecule has 2 aromatic rings. The topological polar surface area (TPSA) is 176 Å². The zero-order valence-corrected chi connectivity index (χ0v) is 23.1. The number of hydrogen-bond donors (Lipinski definition) is 3. The van der Waals surface area contributed by atoms with Crippen LogP contribution < -0.4 is 10.1 Å². The second-order valence-corrected chi connectivity index (χ2v) is 10.3. The number of pyridine rings is 1. The number of aromatic nitrogens is 1. The Hall–Kier alpha value is -4.42. The standard InChI is InChI=1S/C28H34N4O9/c1-3-40-27(39)32-13-11-31(12-14-32)25(36)20(7-8-23(33)34)30-24(35)21-16-22(41-28(26(37)38)9-4-10-28)18-15-17(2)5-6-19(18)29-21/h5-6,15-16,20H,3-4,7-14H2,1-2H3,(H,30,35)(H,33,34)(H,37,38). The lowest BCUT2D eigenvalue weighted by atomic mass is 9.80. The molecular weight excluding hydrogens is 536 g/mol. The molecule has 1 aromatic carbocycles. The van der Waals surface area contributed by atoms with Crippen molar-refractivity contribution >= 4 is 40.7 Å². The fraction of sp³-hybridized carbons (Fsp3) is 0.500. The van der Waals surface area contributed by atoms with E-state index in [1.807, 2.05) is 6.92 Å². The minimum Gasteiger partial charge on any atom is -0.481 e. The highest BCUT2D eigenvalue weighted by Gasteiger charge is 2.47. The van der Waals surface area contributed by atoms with Gasteiger partial charge < -0.3 is 34.8 Å². The van der Waals surface area contributed by atoms with Crippen LogP contribution in [0.1, 0.15) is 55.1 Å². The third-order valence-corrected chi connectivity index (χ3v) is 7.38. The van der Waals surface area contributed by atoms with Crippen molar-refractivity contribution in [2.75, 3.05) is 32.8 Å². The molecule has 4 rings (SSSR count). The molecule has 3 N–H and O–H groups in total. The third-order valence-electron chi connectivity index (χ3n) is 7.38. The van der Waals surface area contributed by atoms with Crippen molar-refractivity contribution in [1.82, 2.24) is 20.1 Å². The molecule has 13 heteroatoms. The number of piperazine rings is 1. The Morgan fingerprint density at radius 2 is 1.73 bits per heavy atom.